The van der Waals surface area contributed by atoms with E-state index in [0.717, 1.165) is 38.8 Å². The molecule has 0 spiro atoms. The Balaban J connectivity index is 1.30. The zero-order valence-corrected chi connectivity index (χ0v) is 22.5. The Bertz CT molecular complexity index is 1610. The molecule has 6 rings (SSSR count). The first kappa shape index (κ1) is 24.4. The first-order valence-corrected chi connectivity index (χ1v) is 13.3. The third kappa shape index (κ3) is 4.37. The van der Waals surface area contributed by atoms with Gasteiger partial charge < -0.3 is 19.4 Å². The number of amides is 1. The van der Waals surface area contributed by atoms with E-state index in [1.54, 1.807) is 19.0 Å². The number of piperidine rings is 1. The lowest BCUT2D eigenvalue weighted by Crippen LogP contribution is -2.33. The molecule has 5 aromatic rings. The Morgan fingerprint density at radius 3 is 2.47 bits per heavy atom. The number of nitrogens with zero attached hydrogens (tertiary/aromatic N) is 5. The molecular weight excluding hydrogens is 472 g/mol. The van der Waals surface area contributed by atoms with Crippen LogP contribution in [0, 0.1) is 5.92 Å². The molecule has 1 amide bonds. The minimum Gasteiger partial charge on any atom is -0.346 e. The van der Waals surface area contributed by atoms with Crippen LogP contribution in [0.3, 0.4) is 0 Å². The van der Waals surface area contributed by atoms with Crippen LogP contribution in [-0.2, 0) is 0 Å². The van der Waals surface area contributed by atoms with E-state index in [4.69, 9.17) is 9.97 Å². The lowest BCUT2D eigenvalue weighted by Gasteiger charge is -2.33. The van der Waals surface area contributed by atoms with E-state index in [1.165, 1.54) is 31.4 Å². The summed E-state index contributed by atoms with van der Waals surface area (Å²) in [6.45, 7) is 4.67. The highest BCUT2D eigenvalue weighted by Gasteiger charge is 2.24. The zero-order valence-electron chi connectivity index (χ0n) is 22.5. The van der Waals surface area contributed by atoms with E-state index in [2.05, 4.69) is 52.7 Å². The lowest BCUT2D eigenvalue weighted by atomic mass is 9.90. The van der Waals surface area contributed by atoms with E-state index in [1.807, 2.05) is 43.0 Å². The van der Waals surface area contributed by atoms with Gasteiger partial charge in [0.15, 0.2) is 0 Å². The summed E-state index contributed by atoms with van der Waals surface area (Å²) in [7, 11) is 5.74. The largest absolute Gasteiger partial charge is 0.346 e. The molecule has 7 heteroatoms. The van der Waals surface area contributed by atoms with E-state index < -0.39 is 0 Å². The number of aromatic amines is 1. The van der Waals surface area contributed by atoms with Gasteiger partial charge in [-0.25, -0.2) is 9.97 Å². The van der Waals surface area contributed by atoms with Crippen LogP contribution >= 0.6 is 0 Å². The molecule has 1 fully saturated rings. The average Bonchev–Trinajstić information content (AvgIpc) is 3.56. The summed E-state index contributed by atoms with van der Waals surface area (Å²) in [5.74, 6) is 0.676. The molecule has 38 heavy (non-hydrogen) atoms. The van der Waals surface area contributed by atoms with Crippen molar-refractivity contribution in [3.05, 3.63) is 72.8 Å². The number of hydrogen-bond acceptors (Lipinski definition) is 4. The molecule has 3 aromatic heterocycles. The number of nitrogens with one attached hydrogen (secondary N) is 1. The quantitative estimate of drug-likeness (QED) is 0.325. The molecule has 7 nitrogen and oxygen atoms in total. The molecule has 1 aliphatic rings. The van der Waals surface area contributed by atoms with E-state index in [0.29, 0.717) is 17.5 Å². The third-order valence-electron chi connectivity index (χ3n) is 8.17. The SMILES string of the molecule is CC(C1CCN(C)CC1)n1cnc2cc(-c3cnc4[nH]cc(-c5ccc(C(=O)N(C)C)cc5)c4c3)ccc21. The van der Waals surface area contributed by atoms with E-state index in [9.17, 15) is 4.79 Å². The number of imidazole rings is 1. The van der Waals surface area contributed by atoms with Gasteiger partial charge in [0.25, 0.3) is 5.91 Å². The Morgan fingerprint density at radius 2 is 1.74 bits per heavy atom. The summed E-state index contributed by atoms with van der Waals surface area (Å²) in [4.78, 5) is 29.1. The van der Waals surface area contributed by atoms with Crippen molar-refractivity contribution < 1.29 is 4.79 Å². The van der Waals surface area contributed by atoms with Crippen molar-refractivity contribution in [3.63, 3.8) is 0 Å². The maximum Gasteiger partial charge on any atom is 0.253 e. The van der Waals surface area contributed by atoms with Gasteiger partial charge in [0, 0.05) is 54.6 Å². The van der Waals surface area contributed by atoms with Gasteiger partial charge in [0.1, 0.15) is 5.65 Å². The second kappa shape index (κ2) is 9.72. The van der Waals surface area contributed by atoms with Crippen molar-refractivity contribution >= 4 is 28.0 Å². The zero-order chi connectivity index (χ0) is 26.4. The molecule has 0 saturated carbocycles. The number of hydrogen-bond donors (Lipinski definition) is 1. The van der Waals surface area contributed by atoms with Crippen molar-refractivity contribution in [2.75, 3.05) is 34.2 Å². The molecule has 1 aliphatic heterocycles. The number of carbonyl (C=O) groups excluding carboxylic acids is 1. The van der Waals surface area contributed by atoms with Crippen LogP contribution in [0.4, 0.5) is 0 Å². The van der Waals surface area contributed by atoms with Gasteiger partial charge in [0.2, 0.25) is 0 Å². The van der Waals surface area contributed by atoms with E-state index in [-0.39, 0.29) is 5.91 Å². The van der Waals surface area contributed by atoms with Gasteiger partial charge in [0.05, 0.1) is 17.4 Å². The molecule has 0 aliphatic carbocycles. The number of benzene rings is 2. The fourth-order valence-corrected chi connectivity index (χ4v) is 5.72. The first-order chi connectivity index (χ1) is 18.4. The first-order valence-electron chi connectivity index (χ1n) is 13.3. The molecule has 1 unspecified atom stereocenters. The van der Waals surface area contributed by atoms with Crippen molar-refractivity contribution in [2.24, 2.45) is 5.92 Å². The Kier molecular flexibility index (Phi) is 6.24. The number of pyridine rings is 1. The highest BCUT2D eigenvalue weighted by molar-refractivity contribution is 5.98. The standard InChI is InChI=1S/C31H34N6O/c1-20(21-11-13-36(4)14-12-21)37-19-34-28-16-24(9-10-29(28)37)25-15-26-27(18-33-30(26)32-17-25)22-5-7-23(8-6-22)31(38)35(2)3/h5-10,15-21H,11-14H2,1-4H3,(H,32,33). The molecule has 4 heterocycles. The normalized spacial score (nSPS) is 15.8. The Labute approximate surface area is 223 Å². The van der Waals surface area contributed by atoms with Crippen LogP contribution in [0.25, 0.3) is 44.3 Å². The van der Waals surface area contributed by atoms with Gasteiger partial charge in [-0.05, 0) is 87.3 Å². The molecular formula is C31H34N6O. The molecule has 0 bridgehead atoms. The predicted octanol–water partition coefficient (Wildman–Crippen LogP) is 5.85. The minimum absolute atomic E-state index is 0.00185. The van der Waals surface area contributed by atoms with Crippen LogP contribution < -0.4 is 0 Å². The van der Waals surface area contributed by atoms with Gasteiger partial charge in [-0.15, -0.1) is 0 Å². The van der Waals surface area contributed by atoms with Crippen LogP contribution in [0.5, 0.6) is 0 Å². The molecule has 194 valence electrons. The summed E-state index contributed by atoms with van der Waals surface area (Å²) in [5, 5.41) is 1.05. The van der Waals surface area contributed by atoms with Gasteiger partial charge in [-0.2, -0.15) is 0 Å². The molecule has 0 radical (unpaired) electrons. The number of rotatable bonds is 5. The highest BCUT2D eigenvalue weighted by atomic mass is 16.2. The smallest absolute Gasteiger partial charge is 0.253 e. The molecule has 1 saturated heterocycles. The fraction of sp³-hybridized carbons (Fsp3) is 0.323. The number of carbonyl (C=O) groups is 1. The third-order valence-corrected chi connectivity index (χ3v) is 8.17. The highest BCUT2D eigenvalue weighted by Crippen LogP contribution is 2.34. The molecule has 1 atom stereocenters. The summed E-state index contributed by atoms with van der Waals surface area (Å²) < 4.78 is 2.35. The number of aromatic nitrogens is 4. The monoisotopic (exact) mass is 506 g/mol. The maximum absolute atomic E-state index is 12.3. The molecule has 2 aromatic carbocycles. The topological polar surface area (TPSA) is 70.0 Å². The average molecular weight is 507 g/mol. The second-order valence-electron chi connectivity index (χ2n) is 10.8. The summed E-state index contributed by atoms with van der Waals surface area (Å²) in [6, 6.07) is 16.9. The fourth-order valence-electron chi connectivity index (χ4n) is 5.72. The van der Waals surface area contributed by atoms with Gasteiger partial charge in [-0.1, -0.05) is 18.2 Å². The van der Waals surface area contributed by atoms with Crippen LogP contribution in [-0.4, -0.2) is 69.5 Å². The van der Waals surface area contributed by atoms with Gasteiger partial charge >= 0.3 is 0 Å². The Hall–Kier alpha value is -3.97. The lowest BCUT2D eigenvalue weighted by molar-refractivity contribution is 0.0827. The summed E-state index contributed by atoms with van der Waals surface area (Å²) >= 11 is 0. The minimum atomic E-state index is -0.00185. The van der Waals surface area contributed by atoms with Crippen molar-refractivity contribution in [3.8, 4) is 22.3 Å². The number of likely N-dealkylation sites (tertiary alicyclic amines) is 1. The van der Waals surface area contributed by atoms with Crippen LogP contribution in [0.1, 0.15) is 36.2 Å². The summed E-state index contributed by atoms with van der Waals surface area (Å²) in [5.41, 5.74) is 7.98. The number of H-pyrrole nitrogens is 1. The Morgan fingerprint density at radius 1 is 1.00 bits per heavy atom. The van der Waals surface area contributed by atoms with Crippen LogP contribution in [0.15, 0.2) is 67.3 Å². The number of fused-ring (bicyclic) bond motifs is 2. The van der Waals surface area contributed by atoms with Crippen molar-refractivity contribution in [1.29, 1.82) is 0 Å². The predicted molar refractivity (Wildman–Crippen MR) is 153 cm³/mol. The maximum atomic E-state index is 12.3. The van der Waals surface area contributed by atoms with Crippen molar-refractivity contribution in [2.45, 2.75) is 25.8 Å². The van der Waals surface area contributed by atoms with Gasteiger partial charge in [-0.3, -0.25) is 4.79 Å². The van der Waals surface area contributed by atoms with E-state index >= 15 is 0 Å². The second-order valence-corrected chi connectivity index (χ2v) is 10.8. The summed E-state index contributed by atoms with van der Waals surface area (Å²) in [6.07, 6.45) is 8.37. The van der Waals surface area contributed by atoms with Crippen LogP contribution in [0.2, 0.25) is 0 Å². The van der Waals surface area contributed by atoms with Crippen molar-refractivity contribution in [1.82, 2.24) is 29.3 Å². The molecule has 1 N–H and O–H groups in total.